The lowest BCUT2D eigenvalue weighted by molar-refractivity contribution is -0.133. The number of fused-ring (bicyclic) bond motifs is 1. The molecule has 192 valence electrons. The zero-order valence-corrected chi connectivity index (χ0v) is 22.7. The summed E-state index contributed by atoms with van der Waals surface area (Å²) in [6.45, 7) is 1.81. The summed E-state index contributed by atoms with van der Waals surface area (Å²) in [7, 11) is 4.43. The second kappa shape index (κ2) is 10.8. The summed E-state index contributed by atoms with van der Waals surface area (Å²) in [5.41, 5.74) is 3.40. The first kappa shape index (κ1) is 25.7. The molecule has 0 fully saturated rings. The Balaban J connectivity index is 1.43. The average Bonchev–Trinajstić information content (AvgIpc) is 3.51. The number of ether oxygens (including phenoxy) is 2. The van der Waals surface area contributed by atoms with Gasteiger partial charge in [-0.15, -0.1) is 0 Å². The van der Waals surface area contributed by atoms with E-state index in [2.05, 4.69) is 5.16 Å². The lowest BCUT2D eigenvalue weighted by Gasteiger charge is -2.08. The number of rotatable bonds is 6. The Morgan fingerprint density at radius 2 is 1.68 bits per heavy atom. The van der Waals surface area contributed by atoms with E-state index in [0.29, 0.717) is 43.5 Å². The number of hydrogen-bond donors (Lipinski definition) is 1. The standard InChI is InChI=1S/C28H21ClN2O5S2/c1-16-22(14-27(32)36-20-9-5-17(6-10-20)25-15-26(30-34)38-37-25)23-13-21(35-2)11-12-24(23)31(16)28(33)18-3-7-19(29)8-4-18/h3-13,15,34H,14H2,1-2H3/b30-26-. The van der Waals surface area contributed by atoms with E-state index in [9.17, 15) is 9.59 Å². The van der Waals surface area contributed by atoms with Gasteiger partial charge in [-0.25, -0.2) is 0 Å². The second-order valence-electron chi connectivity index (χ2n) is 8.38. The Kier molecular flexibility index (Phi) is 7.33. The van der Waals surface area contributed by atoms with Crippen LogP contribution in [0.2, 0.25) is 5.02 Å². The maximum absolute atomic E-state index is 13.5. The fourth-order valence-corrected chi connectivity index (χ4v) is 6.39. The molecule has 10 heteroatoms. The van der Waals surface area contributed by atoms with E-state index < -0.39 is 5.97 Å². The summed E-state index contributed by atoms with van der Waals surface area (Å²) in [5, 5.41) is 13.4. The van der Waals surface area contributed by atoms with Gasteiger partial charge in [0, 0.05) is 26.5 Å². The molecule has 5 rings (SSSR count). The second-order valence-corrected chi connectivity index (χ2v) is 11.0. The first-order chi connectivity index (χ1) is 18.4. The number of nitrogens with zero attached hydrogens (tertiary/aromatic N) is 2. The molecule has 3 aromatic carbocycles. The van der Waals surface area contributed by atoms with Gasteiger partial charge in [-0.1, -0.05) is 37.4 Å². The molecule has 0 aliphatic rings. The molecule has 0 saturated carbocycles. The molecule has 7 nitrogen and oxygen atoms in total. The minimum atomic E-state index is -0.457. The van der Waals surface area contributed by atoms with Crippen LogP contribution in [-0.2, 0) is 11.2 Å². The molecule has 2 heterocycles. The van der Waals surface area contributed by atoms with Crippen LogP contribution in [0.3, 0.4) is 0 Å². The van der Waals surface area contributed by atoms with Crippen LogP contribution in [0.1, 0.15) is 21.6 Å². The van der Waals surface area contributed by atoms with Crippen molar-refractivity contribution in [2.24, 2.45) is 5.16 Å². The van der Waals surface area contributed by atoms with Gasteiger partial charge in [0.25, 0.3) is 5.91 Å². The van der Waals surface area contributed by atoms with Crippen molar-refractivity contribution in [1.29, 1.82) is 0 Å². The van der Waals surface area contributed by atoms with Crippen LogP contribution in [0.5, 0.6) is 11.5 Å². The van der Waals surface area contributed by atoms with Crippen LogP contribution >= 0.6 is 32.3 Å². The van der Waals surface area contributed by atoms with Crippen molar-refractivity contribution in [3.05, 3.63) is 99.3 Å². The first-order valence-corrected chi connectivity index (χ1v) is 14.0. The molecule has 0 aliphatic carbocycles. The monoisotopic (exact) mass is 564 g/mol. The summed E-state index contributed by atoms with van der Waals surface area (Å²) < 4.78 is 13.2. The molecule has 0 spiro atoms. The van der Waals surface area contributed by atoms with E-state index in [1.54, 1.807) is 60.2 Å². The van der Waals surface area contributed by atoms with Gasteiger partial charge in [0.15, 0.2) is 4.67 Å². The summed E-state index contributed by atoms with van der Waals surface area (Å²) in [5.74, 6) is 0.338. The SMILES string of the molecule is COc1ccc2c(c1)c(CC(=O)Oc1ccc(-c3c/c(=N/O)ss3)cc1)c(C)n2C(=O)c1ccc(Cl)cc1. The molecular weight excluding hydrogens is 544 g/mol. The molecule has 38 heavy (non-hydrogen) atoms. The number of esters is 1. The Labute approximate surface area is 230 Å². The van der Waals surface area contributed by atoms with Crippen molar-refractivity contribution in [2.45, 2.75) is 13.3 Å². The molecule has 0 bridgehead atoms. The molecule has 2 aromatic heterocycles. The lowest BCUT2D eigenvalue weighted by Crippen LogP contribution is -2.15. The number of hydrogen-bond acceptors (Lipinski definition) is 8. The Morgan fingerprint density at radius 1 is 0.974 bits per heavy atom. The Bertz CT molecular complexity index is 1720. The minimum Gasteiger partial charge on any atom is -0.497 e. The molecule has 0 saturated heterocycles. The van der Waals surface area contributed by atoms with E-state index >= 15 is 0 Å². The predicted octanol–water partition coefficient (Wildman–Crippen LogP) is 6.53. The molecule has 0 atom stereocenters. The van der Waals surface area contributed by atoms with Crippen molar-refractivity contribution < 1.29 is 24.3 Å². The molecule has 0 unspecified atom stereocenters. The number of halogens is 1. The third kappa shape index (κ3) is 5.08. The fourth-order valence-electron chi connectivity index (χ4n) is 4.22. The number of methoxy groups -OCH3 is 1. The van der Waals surface area contributed by atoms with Crippen molar-refractivity contribution in [3.8, 4) is 21.9 Å². The molecule has 0 amide bonds. The van der Waals surface area contributed by atoms with E-state index in [-0.39, 0.29) is 12.3 Å². The van der Waals surface area contributed by atoms with Crippen LogP contribution < -0.4 is 14.1 Å². The molecule has 0 aliphatic heterocycles. The maximum atomic E-state index is 13.5. The van der Waals surface area contributed by atoms with Gasteiger partial charge >= 0.3 is 5.97 Å². The smallest absolute Gasteiger partial charge is 0.315 e. The molecule has 0 radical (unpaired) electrons. The van der Waals surface area contributed by atoms with Crippen LogP contribution in [-0.4, -0.2) is 28.8 Å². The molecule has 5 aromatic rings. The largest absolute Gasteiger partial charge is 0.497 e. The Hall–Kier alpha value is -3.92. The third-order valence-corrected chi connectivity index (χ3v) is 8.64. The quantitative estimate of drug-likeness (QED) is 0.0832. The van der Waals surface area contributed by atoms with Crippen LogP contribution in [0.25, 0.3) is 21.3 Å². The van der Waals surface area contributed by atoms with Gasteiger partial charge in [-0.2, -0.15) is 0 Å². The summed E-state index contributed by atoms with van der Waals surface area (Å²) >= 11 is 6.00. The lowest BCUT2D eigenvalue weighted by atomic mass is 10.1. The average molecular weight is 565 g/mol. The van der Waals surface area contributed by atoms with E-state index in [0.717, 1.165) is 15.8 Å². The van der Waals surface area contributed by atoms with Gasteiger partial charge in [-0.3, -0.25) is 14.2 Å². The number of aromatic nitrogens is 1. The number of carbonyl (C=O) groups is 2. The summed E-state index contributed by atoms with van der Waals surface area (Å²) in [6, 6.07) is 21.0. The molecular formula is C28H21ClN2O5S2. The van der Waals surface area contributed by atoms with E-state index in [1.165, 1.54) is 20.7 Å². The van der Waals surface area contributed by atoms with Gasteiger partial charge in [0.1, 0.15) is 11.5 Å². The minimum absolute atomic E-state index is 0.0356. The maximum Gasteiger partial charge on any atom is 0.315 e. The van der Waals surface area contributed by atoms with Crippen molar-refractivity contribution in [2.75, 3.05) is 7.11 Å². The zero-order chi connectivity index (χ0) is 26.8. The van der Waals surface area contributed by atoms with Gasteiger partial charge in [-0.05, 0) is 90.8 Å². The summed E-state index contributed by atoms with van der Waals surface area (Å²) in [6.07, 6.45) is -0.0356. The summed E-state index contributed by atoms with van der Waals surface area (Å²) in [4.78, 5) is 27.4. The van der Waals surface area contributed by atoms with Crippen LogP contribution in [0.4, 0.5) is 0 Å². The highest BCUT2D eigenvalue weighted by atomic mass is 35.5. The van der Waals surface area contributed by atoms with Crippen molar-refractivity contribution in [1.82, 2.24) is 4.57 Å². The predicted molar refractivity (Wildman–Crippen MR) is 149 cm³/mol. The molecule has 1 N–H and O–H groups in total. The van der Waals surface area contributed by atoms with Crippen LogP contribution in [0.15, 0.2) is 78.0 Å². The number of benzene rings is 3. The van der Waals surface area contributed by atoms with Crippen molar-refractivity contribution >= 4 is 55.1 Å². The third-order valence-electron chi connectivity index (χ3n) is 6.10. The topological polar surface area (TPSA) is 90.1 Å². The fraction of sp³-hybridized carbons (Fsp3) is 0.107. The normalized spacial score (nSPS) is 11.6. The first-order valence-electron chi connectivity index (χ1n) is 11.5. The zero-order valence-electron chi connectivity index (χ0n) is 20.3. The highest BCUT2D eigenvalue weighted by molar-refractivity contribution is 7.69. The number of carbonyl (C=O) groups excluding carboxylic acids is 2. The van der Waals surface area contributed by atoms with Crippen LogP contribution in [0, 0.1) is 6.92 Å². The van der Waals surface area contributed by atoms with Gasteiger partial charge in [0.05, 0.1) is 19.0 Å². The van der Waals surface area contributed by atoms with Gasteiger partial charge < -0.3 is 14.7 Å². The van der Waals surface area contributed by atoms with E-state index in [4.69, 9.17) is 26.3 Å². The Morgan fingerprint density at radius 3 is 2.34 bits per heavy atom. The van der Waals surface area contributed by atoms with E-state index in [1.807, 2.05) is 31.2 Å². The highest BCUT2D eigenvalue weighted by Gasteiger charge is 2.23. The van der Waals surface area contributed by atoms with Crippen molar-refractivity contribution in [3.63, 3.8) is 0 Å². The highest BCUT2D eigenvalue weighted by Crippen LogP contribution is 2.32. The van der Waals surface area contributed by atoms with Gasteiger partial charge in [0.2, 0.25) is 0 Å².